The number of hydrogen-bond donors (Lipinski definition) is 2. The van der Waals surface area contributed by atoms with Crippen LogP contribution in [0, 0.1) is 11.3 Å². The van der Waals surface area contributed by atoms with E-state index in [1.54, 1.807) is 31.4 Å². The van der Waals surface area contributed by atoms with Gasteiger partial charge in [-0.3, -0.25) is 4.79 Å². The van der Waals surface area contributed by atoms with Gasteiger partial charge in [0.25, 0.3) is 5.91 Å². The predicted molar refractivity (Wildman–Crippen MR) is 95.7 cm³/mol. The summed E-state index contributed by atoms with van der Waals surface area (Å²) in [5.74, 6) is 0.672. The topological polar surface area (TPSA) is 78.7 Å². The number of nitriles is 1. The number of quaternary nitrogens is 1. The quantitative estimate of drug-likeness (QED) is 0.797. The van der Waals surface area contributed by atoms with Gasteiger partial charge in [-0.1, -0.05) is 6.07 Å². The molecule has 2 aromatic carbocycles. The predicted octanol–water partition coefficient (Wildman–Crippen LogP) is 2.59. The molecule has 0 aliphatic carbocycles. The van der Waals surface area contributed by atoms with Crippen molar-refractivity contribution in [2.75, 3.05) is 19.0 Å². The average Bonchev–Trinajstić information content (AvgIpc) is 2.59. The van der Waals surface area contributed by atoms with Gasteiger partial charge in [-0.15, -0.1) is 0 Å². The zero-order valence-electron chi connectivity index (χ0n) is 13.5. The first kappa shape index (κ1) is 18.0. The maximum absolute atomic E-state index is 12.1. The summed E-state index contributed by atoms with van der Waals surface area (Å²) >= 11 is 3.47. The van der Waals surface area contributed by atoms with E-state index < -0.39 is 0 Å². The van der Waals surface area contributed by atoms with E-state index in [0.717, 1.165) is 15.8 Å². The molecular weight excluding hydrogens is 370 g/mol. The highest BCUT2D eigenvalue weighted by molar-refractivity contribution is 9.10. The average molecular weight is 389 g/mol. The van der Waals surface area contributed by atoms with Gasteiger partial charge in [0, 0.05) is 11.3 Å². The van der Waals surface area contributed by atoms with Crippen LogP contribution in [-0.4, -0.2) is 19.6 Å². The van der Waals surface area contributed by atoms with Gasteiger partial charge in [0.15, 0.2) is 6.54 Å². The van der Waals surface area contributed by atoms with Gasteiger partial charge in [-0.05, 0) is 59.3 Å². The van der Waals surface area contributed by atoms with Crippen molar-refractivity contribution in [1.82, 2.24) is 0 Å². The summed E-state index contributed by atoms with van der Waals surface area (Å²) in [5, 5.41) is 13.6. The number of nitrogens with two attached hydrogens (primary N) is 1. The lowest BCUT2D eigenvalue weighted by Gasteiger charge is -2.13. The second kappa shape index (κ2) is 8.48. The summed E-state index contributed by atoms with van der Waals surface area (Å²) < 4.78 is 6.11. The Labute approximate surface area is 149 Å². The largest absolute Gasteiger partial charge is 0.496 e. The van der Waals surface area contributed by atoms with E-state index in [9.17, 15) is 4.79 Å². The van der Waals surface area contributed by atoms with Crippen molar-refractivity contribution in [2.45, 2.75) is 13.0 Å². The summed E-state index contributed by atoms with van der Waals surface area (Å²) in [4.78, 5) is 12.1. The third-order valence-corrected chi connectivity index (χ3v) is 4.25. The molecule has 0 spiro atoms. The summed E-state index contributed by atoms with van der Waals surface area (Å²) in [7, 11) is 1.63. The number of hydrogen-bond acceptors (Lipinski definition) is 3. The number of carbonyl (C=O) groups is 1. The molecule has 0 aromatic heterocycles. The number of anilines is 1. The van der Waals surface area contributed by atoms with Gasteiger partial charge < -0.3 is 15.4 Å². The van der Waals surface area contributed by atoms with Gasteiger partial charge in [0.05, 0.1) is 23.2 Å². The molecule has 1 atom stereocenters. The lowest BCUT2D eigenvalue weighted by molar-refractivity contribution is -0.682. The molecule has 24 heavy (non-hydrogen) atoms. The minimum Gasteiger partial charge on any atom is -0.496 e. The Morgan fingerprint density at radius 3 is 2.83 bits per heavy atom. The molecule has 2 rings (SSSR count). The summed E-state index contributed by atoms with van der Waals surface area (Å²) in [5.41, 5.74) is 2.25. The number of carbonyl (C=O) groups excluding carboxylic acids is 1. The standard InChI is InChI=1S/C18H18BrN3O2/c1-12(14-6-7-17(24-2)16(19)9-14)21-11-18(23)22-15-5-3-4-13(8-15)10-20/h3-9,12,21H,11H2,1-2H3,(H,22,23)/p+1/t12-/m1/s1. The van der Waals surface area contributed by atoms with E-state index in [0.29, 0.717) is 17.8 Å². The second-order valence-electron chi connectivity index (χ2n) is 5.36. The molecule has 5 nitrogen and oxygen atoms in total. The van der Waals surface area contributed by atoms with Crippen molar-refractivity contribution in [3.05, 3.63) is 58.1 Å². The number of benzene rings is 2. The molecule has 6 heteroatoms. The van der Waals surface area contributed by atoms with Crippen LogP contribution in [0.25, 0.3) is 0 Å². The van der Waals surface area contributed by atoms with E-state index in [1.807, 2.05) is 30.4 Å². The van der Waals surface area contributed by atoms with Crippen molar-refractivity contribution in [1.29, 1.82) is 5.26 Å². The van der Waals surface area contributed by atoms with Gasteiger partial charge in [0.1, 0.15) is 11.8 Å². The van der Waals surface area contributed by atoms with Crippen LogP contribution in [0.4, 0.5) is 5.69 Å². The van der Waals surface area contributed by atoms with Crippen molar-refractivity contribution >= 4 is 27.5 Å². The molecular formula is C18H19BrN3O2+. The number of methoxy groups -OCH3 is 1. The van der Waals surface area contributed by atoms with E-state index in [4.69, 9.17) is 10.00 Å². The normalized spacial score (nSPS) is 11.4. The summed E-state index contributed by atoms with van der Waals surface area (Å²) in [6, 6.07) is 14.9. The SMILES string of the molecule is COc1ccc([C@@H](C)[NH2+]CC(=O)Nc2cccc(C#N)c2)cc1Br. The number of nitrogens with one attached hydrogen (secondary N) is 1. The van der Waals surface area contributed by atoms with Crippen LogP contribution >= 0.6 is 15.9 Å². The molecule has 0 unspecified atom stereocenters. The summed E-state index contributed by atoms with van der Waals surface area (Å²) in [6.45, 7) is 2.33. The molecule has 0 fully saturated rings. The number of halogens is 1. The van der Waals surface area contributed by atoms with Crippen LogP contribution < -0.4 is 15.4 Å². The van der Waals surface area contributed by atoms with Gasteiger partial charge in [-0.25, -0.2) is 0 Å². The van der Waals surface area contributed by atoms with Crippen molar-refractivity contribution in [3.8, 4) is 11.8 Å². The summed E-state index contributed by atoms with van der Waals surface area (Å²) in [6.07, 6.45) is 0. The Hall–Kier alpha value is -2.36. The number of amides is 1. The van der Waals surface area contributed by atoms with Crippen molar-refractivity contribution < 1.29 is 14.8 Å². The first-order chi connectivity index (χ1) is 11.5. The number of nitrogens with zero attached hydrogens (tertiary/aromatic N) is 1. The molecule has 0 aliphatic rings. The maximum Gasteiger partial charge on any atom is 0.279 e. The second-order valence-corrected chi connectivity index (χ2v) is 6.22. The number of ether oxygens (including phenoxy) is 1. The molecule has 0 saturated carbocycles. The van der Waals surface area contributed by atoms with Gasteiger partial charge >= 0.3 is 0 Å². The van der Waals surface area contributed by atoms with E-state index in [1.165, 1.54) is 0 Å². The number of rotatable bonds is 6. The first-order valence-electron chi connectivity index (χ1n) is 7.50. The molecule has 124 valence electrons. The lowest BCUT2D eigenvalue weighted by Crippen LogP contribution is -2.86. The highest BCUT2D eigenvalue weighted by atomic mass is 79.9. The van der Waals surface area contributed by atoms with E-state index >= 15 is 0 Å². The van der Waals surface area contributed by atoms with E-state index in [2.05, 4.69) is 27.3 Å². The van der Waals surface area contributed by atoms with Crippen molar-refractivity contribution in [2.24, 2.45) is 0 Å². The zero-order valence-corrected chi connectivity index (χ0v) is 15.1. The molecule has 2 aromatic rings. The fourth-order valence-electron chi connectivity index (χ4n) is 2.26. The van der Waals surface area contributed by atoms with Crippen LogP contribution in [0.5, 0.6) is 5.75 Å². The molecule has 0 radical (unpaired) electrons. The Bertz CT molecular complexity index is 771. The minimum atomic E-state index is -0.107. The molecule has 0 bridgehead atoms. The molecule has 0 heterocycles. The van der Waals surface area contributed by atoms with Crippen LogP contribution in [0.1, 0.15) is 24.1 Å². The third-order valence-electron chi connectivity index (χ3n) is 3.63. The van der Waals surface area contributed by atoms with Crippen LogP contribution in [0.3, 0.4) is 0 Å². The van der Waals surface area contributed by atoms with Crippen LogP contribution in [-0.2, 0) is 4.79 Å². The maximum atomic E-state index is 12.1. The Balaban J connectivity index is 1.91. The Morgan fingerprint density at radius 1 is 1.38 bits per heavy atom. The smallest absolute Gasteiger partial charge is 0.279 e. The molecule has 3 N–H and O–H groups in total. The first-order valence-corrected chi connectivity index (χ1v) is 8.29. The molecule has 1 amide bonds. The minimum absolute atomic E-state index is 0.107. The monoisotopic (exact) mass is 388 g/mol. The lowest BCUT2D eigenvalue weighted by atomic mass is 10.1. The highest BCUT2D eigenvalue weighted by Crippen LogP contribution is 2.27. The zero-order chi connectivity index (χ0) is 17.5. The van der Waals surface area contributed by atoms with E-state index in [-0.39, 0.29) is 11.9 Å². The molecule has 0 aliphatic heterocycles. The van der Waals surface area contributed by atoms with Gasteiger partial charge in [0.2, 0.25) is 0 Å². The third kappa shape index (κ3) is 4.82. The van der Waals surface area contributed by atoms with Gasteiger partial charge in [-0.2, -0.15) is 5.26 Å². The fourth-order valence-corrected chi connectivity index (χ4v) is 2.82. The Morgan fingerprint density at radius 2 is 2.17 bits per heavy atom. The van der Waals surface area contributed by atoms with Crippen LogP contribution in [0.2, 0.25) is 0 Å². The van der Waals surface area contributed by atoms with Crippen molar-refractivity contribution in [3.63, 3.8) is 0 Å². The van der Waals surface area contributed by atoms with Crippen LogP contribution in [0.15, 0.2) is 46.9 Å². The molecule has 0 saturated heterocycles. The fraction of sp³-hybridized carbons (Fsp3) is 0.222. The Kier molecular flexibility index (Phi) is 6.36. The highest BCUT2D eigenvalue weighted by Gasteiger charge is 2.13.